The molecule has 1 rings (SSSR count). The molecule has 2 N–H and O–H groups in total. The average molecular weight is 270 g/mol. The number of halogens is 2. The first-order chi connectivity index (χ1) is 9.12. The molecule has 1 aromatic rings. The molecule has 4 nitrogen and oxygen atoms in total. The van der Waals surface area contributed by atoms with Crippen molar-refractivity contribution in [2.75, 3.05) is 20.8 Å². The number of likely N-dealkylation sites (N-methyl/N-ethyl adjacent to an activating group) is 1. The third kappa shape index (κ3) is 4.42. The van der Waals surface area contributed by atoms with Crippen molar-refractivity contribution in [2.24, 2.45) is 0 Å². The predicted molar refractivity (Wildman–Crippen MR) is 67.3 cm³/mol. The molecule has 0 bridgehead atoms. The van der Waals surface area contributed by atoms with Gasteiger partial charge in [-0.05, 0) is 30.8 Å². The number of carbonyl (C=O) groups excluding carboxylic acids is 1. The molecule has 0 saturated heterocycles. The molecule has 0 fully saturated rings. The van der Waals surface area contributed by atoms with Crippen molar-refractivity contribution in [3.05, 3.63) is 47.2 Å². The second kappa shape index (κ2) is 7.60. The number of methoxy groups -OCH3 is 1. The SMILES string of the molecule is CN[C@H](/C=C(/COC)NC=O)c1ccc(F)c(F)c1. The van der Waals surface area contributed by atoms with Crippen molar-refractivity contribution in [1.82, 2.24) is 10.6 Å². The summed E-state index contributed by atoms with van der Waals surface area (Å²) in [5.41, 5.74) is 1.07. The highest BCUT2D eigenvalue weighted by Crippen LogP contribution is 2.18. The molecule has 104 valence electrons. The van der Waals surface area contributed by atoms with Crippen LogP contribution in [0.15, 0.2) is 30.0 Å². The van der Waals surface area contributed by atoms with Crippen LogP contribution in [0.2, 0.25) is 0 Å². The lowest BCUT2D eigenvalue weighted by Gasteiger charge is -2.15. The number of benzene rings is 1. The van der Waals surface area contributed by atoms with Crippen LogP contribution in [0.25, 0.3) is 0 Å². The Morgan fingerprint density at radius 1 is 1.42 bits per heavy atom. The summed E-state index contributed by atoms with van der Waals surface area (Å²) < 4.78 is 31.0. The Bertz CT molecular complexity index is 464. The van der Waals surface area contributed by atoms with Gasteiger partial charge in [0, 0.05) is 12.8 Å². The summed E-state index contributed by atoms with van der Waals surface area (Å²) in [5, 5.41) is 5.43. The maximum absolute atomic E-state index is 13.2. The number of amides is 1. The molecule has 0 saturated carbocycles. The zero-order valence-electron chi connectivity index (χ0n) is 10.7. The van der Waals surface area contributed by atoms with Gasteiger partial charge in [0.15, 0.2) is 11.6 Å². The van der Waals surface area contributed by atoms with E-state index in [-0.39, 0.29) is 12.6 Å². The number of carbonyl (C=O) groups is 1. The van der Waals surface area contributed by atoms with Crippen molar-refractivity contribution in [2.45, 2.75) is 6.04 Å². The van der Waals surface area contributed by atoms with Crippen molar-refractivity contribution in [3.63, 3.8) is 0 Å². The summed E-state index contributed by atoms with van der Waals surface area (Å²) in [5.74, 6) is -1.81. The molecule has 0 spiro atoms. The van der Waals surface area contributed by atoms with Crippen LogP contribution < -0.4 is 10.6 Å². The summed E-state index contributed by atoms with van der Waals surface area (Å²) in [6.07, 6.45) is 2.20. The lowest BCUT2D eigenvalue weighted by Crippen LogP contribution is -2.20. The Morgan fingerprint density at radius 2 is 2.16 bits per heavy atom. The molecule has 19 heavy (non-hydrogen) atoms. The molecule has 0 aromatic heterocycles. The number of hydrogen-bond donors (Lipinski definition) is 2. The van der Waals surface area contributed by atoms with E-state index in [0.29, 0.717) is 17.7 Å². The van der Waals surface area contributed by atoms with Gasteiger partial charge in [-0.3, -0.25) is 4.79 Å². The van der Waals surface area contributed by atoms with Gasteiger partial charge in [-0.2, -0.15) is 0 Å². The number of ether oxygens (including phenoxy) is 1. The van der Waals surface area contributed by atoms with Crippen molar-refractivity contribution in [1.29, 1.82) is 0 Å². The number of nitrogens with one attached hydrogen (secondary N) is 2. The Kier molecular flexibility index (Phi) is 6.11. The normalized spacial score (nSPS) is 13.2. The average Bonchev–Trinajstić information content (AvgIpc) is 2.39. The fourth-order valence-corrected chi connectivity index (χ4v) is 1.62. The fourth-order valence-electron chi connectivity index (χ4n) is 1.62. The first-order valence-corrected chi connectivity index (χ1v) is 5.64. The van der Waals surface area contributed by atoms with E-state index >= 15 is 0 Å². The summed E-state index contributed by atoms with van der Waals surface area (Å²) >= 11 is 0. The quantitative estimate of drug-likeness (QED) is 0.738. The van der Waals surface area contributed by atoms with Crippen LogP contribution in [0.5, 0.6) is 0 Å². The molecule has 0 unspecified atom stereocenters. The van der Waals surface area contributed by atoms with Crippen molar-refractivity contribution in [3.8, 4) is 0 Å². The lowest BCUT2D eigenvalue weighted by molar-refractivity contribution is -0.109. The molecule has 6 heteroatoms. The summed E-state index contributed by atoms with van der Waals surface area (Å²) in [4.78, 5) is 10.5. The van der Waals surface area contributed by atoms with E-state index in [1.807, 2.05) is 0 Å². The molecule has 0 aliphatic carbocycles. The molecule has 1 atom stereocenters. The maximum atomic E-state index is 13.2. The summed E-state index contributed by atoms with van der Waals surface area (Å²) in [6.45, 7) is 0.209. The van der Waals surface area contributed by atoms with Gasteiger partial charge in [0.25, 0.3) is 0 Å². The Morgan fingerprint density at radius 3 is 2.68 bits per heavy atom. The molecule has 0 heterocycles. The third-order valence-corrected chi connectivity index (χ3v) is 2.53. The topological polar surface area (TPSA) is 50.4 Å². The molecular formula is C13H16F2N2O2. The van der Waals surface area contributed by atoms with Crippen LogP contribution in [0.1, 0.15) is 11.6 Å². The van der Waals surface area contributed by atoms with Gasteiger partial charge < -0.3 is 15.4 Å². The minimum Gasteiger partial charge on any atom is -0.378 e. The van der Waals surface area contributed by atoms with Crippen LogP contribution in [0.3, 0.4) is 0 Å². The molecule has 0 aliphatic rings. The molecule has 1 aromatic carbocycles. The Balaban J connectivity index is 3.00. The summed E-state index contributed by atoms with van der Waals surface area (Å²) in [6, 6.07) is 3.28. The minimum atomic E-state index is -0.914. The van der Waals surface area contributed by atoms with E-state index in [0.717, 1.165) is 12.1 Å². The van der Waals surface area contributed by atoms with E-state index in [1.54, 1.807) is 13.1 Å². The smallest absolute Gasteiger partial charge is 0.211 e. The van der Waals surface area contributed by atoms with E-state index in [1.165, 1.54) is 13.2 Å². The van der Waals surface area contributed by atoms with E-state index in [9.17, 15) is 13.6 Å². The third-order valence-electron chi connectivity index (χ3n) is 2.53. The van der Waals surface area contributed by atoms with E-state index in [4.69, 9.17) is 4.74 Å². The van der Waals surface area contributed by atoms with Crippen molar-refractivity contribution >= 4 is 6.41 Å². The highest BCUT2D eigenvalue weighted by Gasteiger charge is 2.11. The lowest BCUT2D eigenvalue weighted by atomic mass is 10.1. The minimum absolute atomic E-state index is 0.209. The largest absolute Gasteiger partial charge is 0.378 e. The zero-order chi connectivity index (χ0) is 14.3. The highest BCUT2D eigenvalue weighted by molar-refractivity contribution is 5.50. The van der Waals surface area contributed by atoms with Gasteiger partial charge >= 0.3 is 0 Å². The first kappa shape index (κ1) is 15.3. The first-order valence-electron chi connectivity index (χ1n) is 5.64. The molecular weight excluding hydrogens is 254 g/mol. The zero-order valence-corrected chi connectivity index (χ0v) is 10.7. The van der Waals surface area contributed by atoms with Gasteiger partial charge in [-0.1, -0.05) is 6.07 Å². The van der Waals surface area contributed by atoms with Gasteiger partial charge in [-0.15, -0.1) is 0 Å². The van der Waals surface area contributed by atoms with Crippen molar-refractivity contribution < 1.29 is 18.3 Å². The van der Waals surface area contributed by atoms with Gasteiger partial charge in [0.05, 0.1) is 12.6 Å². The predicted octanol–water partition coefficient (Wildman–Crippen LogP) is 1.50. The van der Waals surface area contributed by atoms with Gasteiger partial charge in [0.2, 0.25) is 6.41 Å². The van der Waals surface area contributed by atoms with Gasteiger partial charge in [0.1, 0.15) is 0 Å². The van der Waals surface area contributed by atoms with Crippen LogP contribution in [-0.2, 0) is 9.53 Å². The van der Waals surface area contributed by atoms with Crippen LogP contribution in [-0.4, -0.2) is 27.2 Å². The number of hydrogen-bond acceptors (Lipinski definition) is 3. The fraction of sp³-hybridized carbons (Fsp3) is 0.308. The molecule has 0 aliphatic heterocycles. The number of rotatable bonds is 7. The van der Waals surface area contributed by atoms with E-state index in [2.05, 4.69) is 10.6 Å². The summed E-state index contributed by atoms with van der Waals surface area (Å²) in [7, 11) is 3.17. The molecule has 0 radical (unpaired) electrons. The van der Waals surface area contributed by atoms with Crippen LogP contribution in [0.4, 0.5) is 8.78 Å². The maximum Gasteiger partial charge on any atom is 0.211 e. The van der Waals surface area contributed by atoms with Crippen LogP contribution in [0, 0.1) is 11.6 Å². The van der Waals surface area contributed by atoms with E-state index < -0.39 is 11.6 Å². The second-order valence-electron chi connectivity index (χ2n) is 3.83. The Labute approximate surface area is 110 Å². The standard InChI is InChI=1S/C13H16F2N2O2/c1-16-13(6-10(7-19-2)17-8-18)9-3-4-11(14)12(15)5-9/h3-6,8,13,16H,7H2,1-2H3,(H,17,18)/b10-6-/t13-/m1/s1. The monoisotopic (exact) mass is 270 g/mol. The highest BCUT2D eigenvalue weighted by atomic mass is 19.2. The second-order valence-corrected chi connectivity index (χ2v) is 3.83. The Hall–Kier alpha value is -1.79. The van der Waals surface area contributed by atoms with Crippen LogP contribution >= 0.6 is 0 Å². The molecule has 1 amide bonds. The van der Waals surface area contributed by atoms with Gasteiger partial charge in [-0.25, -0.2) is 8.78 Å².